The van der Waals surface area contributed by atoms with Crippen LogP contribution in [0.2, 0.25) is 5.02 Å². The number of anilines is 1. The van der Waals surface area contributed by atoms with Gasteiger partial charge in [-0.1, -0.05) is 36.7 Å². The Morgan fingerprint density at radius 2 is 2.02 bits per heavy atom. The van der Waals surface area contributed by atoms with E-state index >= 15 is 0 Å². The Morgan fingerprint density at radius 1 is 1.21 bits per heavy atom. The average Bonchev–Trinajstić information content (AvgIpc) is 3.13. The summed E-state index contributed by atoms with van der Waals surface area (Å²) in [6, 6.07) is 11.1. The molecule has 6 rings (SSSR count). The Morgan fingerprint density at radius 3 is 2.77 bits per heavy atom. The van der Waals surface area contributed by atoms with E-state index in [2.05, 4.69) is 21.8 Å². The molecular formula is C36H45ClN2O7S. The third kappa shape index (κ3) is 7.06. The molecule has 1 amide bonds. The van der Waals surface area contributed by atoms with Gasteiger partial charge >= 0.3 is 5.97 Å². The molecule has 0 aromatic heterocycles. The first-order valence-corrected chi connectivity index (χ1v) is 18.7. The number of esters is 1. The molecule has 2 aromatic carbocycles. The van der Waals surface area contributed by atoms with E-state index in [4.69, 9.17) is 21.1 Å². The second-order valence-corrected chi connectivity index (χ2v) is 16.5. The predicted octanol–water partition coefficient (Wildman–Crippen LogP) is 5.57. The topological polar surface area (TPSA) is 122 Å². The average molecular weight is 685 g/mol. The number of nitrogens with zero attached hydrogens (tertiary/aromatic N) is 1. The number of nitrogens with one attached hydrogen (secondary N) is 1. The number of allylic oxidation sites excluding steroid dienone is 1. The number of halogens is 1. The Labute approximate surface area is 282 Å². The lowest BCUT2D eigenvalue weighted by Gasteiger charge is -2.45. The summed E-state index contributed by atoms with van der Waals surface area (Å²) in [6.07, 6.45) is 7.21. The molecule has 1 spiro atoms. The lowest BCUT2D eigenvalue weighted by atomic mass is 9.68. The zero-order valence-corrected chi connectivity index (χ0v) is 28.9. The Kier molecular flexibility index (Phi) is 9.67. The maximum atomic E-state index is 13.7. The van der Waals surface area contributed by atoms with E-state index in [9.17, 15) is 23.1 Å². The lowest BCUT2D eigenvalue weighted by Crippen LogP contribution is -2.49. The molecule has 1 saturated carbocycles. The van der Waals surface area contributed by atoms with Crippen LogP contribution in [-0.4, -0.2) is 62.6 Å². The molecule has 1 fully saturated rings. The number of sulfonamides is 1. The number of amides is 1. The van der Waals surface area contributed by atoms with Crippen molar-refractivity contribution in [3.05, 3.63) is 70.3 Å². The van der Waals surface area contributed by atoms with E-state index < -0.39 is 51.7 Å². The highest BCUT2D eigenvalue weighted by molar-refractivity contribution is 7.90. The second kappa shape index (κ2) is 13.4. The zero-order valence-electron chi connectivity index (χ0n) is 27.3. The number of hydrogen-bond donors (Lipinski definition) is 2. The molecular weight excluding hydrogens is 640 g/mol. The molecule has 2 N–H and O–H groups in total. The summed E-state index contributed by atoms with van der Waals surface area (Å²) >= 11 is 6.40. The number of benzene rings is 2. The number of aliphatic hydroxyl groups is 1. The van der Waals surface area contributed by atoms with Crippen LogP contribution in [0, 0.1) is 17.8 Å². The molecule has 2 aromatic rings. The normalized spacial score (nSPS) is 31.0. The highest BCUT2D eigenvalue weighted by atomic mass is 35.5. The highest BCUT2D eigenvalue weighted by Crippen LogP contribution is 2.47. The summed E-state index contributed by atoms with van der Waals surface area (Å²) in [5.74, 6) is -1.12. The van der Waals surface area contributed by atoms with Crippen LogP contribution in [0.15, 0.2) is 48.6 Å². The van der Waals surface area contributed by atoms with Crippen LogP contribution >= 0.6 is 11.6 Å². The predicted molar refractivity (Wildman–Crippen MR) is 181 cm³/mol. The zero-order chi connectivity index (χ0) is 33.5. The number of aryl methyl sites for hydroxylation is 1. The van der Waals surface area contributed by atoms with Gasteiger partial charge in [-0.25, -0.2) is 13.1 Å². The third-order valence-corrected chi connectivity index (χ3v) is 12.6. The van der Waals surface area contributed by atoms with Crippen molar-refractivity contribution in [1.29, 1.82) is 0 Å². The SMILES string of the molecule is CC(C)OC(=O)C[C@@H]1[C@@H](C)/C=C\C[C@H](O)[C@@H]2CC[C@H]2CN2C[C@@]3(CCCc4cc(Cl)ccc43)COc3ccc(cc32)C(=O)NS1(=O)=O. The molecule has 9 nitrogen and oxygen atoms in total. The summed E-state index contributed by atoms with van der Waals surface area (Å²) in [4.78, 5) is 28.6. The minimum absolute atomic E-state index is 0.0795. The quantitative estimate of drug-likeness (QED) is 0.318. The molecule has 2 heterocycles. The minimum atomic E-state index is -4.32. The van der Waals surface area contributed by atoms with Gasteiger partial charge in [0, 0.05) is 29.1 Å². The molecule has 2 aliphatic heterocycles. The maximum Gasteiger partial charge on any atom is 0.307 e. The third-order valence-electron chi connectivity index (χ3n) is 10.5. The van der Waals surface area contributed by atoms with Gasteiger partial charge in [-0.3, -0.25) is 9.59 Å². The first-order valence-electron chi connectivity index (χ1n) is 16.8. The van der Waals surface area contributed by atoms with Crippen molar-refractivity contribution >= 4 is 39.2 Å². The largest absolute Gasteiger partial charge is 0.490 e. The number of aliphatic hydroxyl groups excluding tert-OH is 1. The van der Waals surface area contributed by atoms with Crippen LogP contribution in [0.3, 0.4) is 0 Å². The number of carbonyl (C=O) groups is 2. The molecule has 2 bridgehead atoms. The number of hydrogen-bond acceptors (Lipinski definition) is 8. The monoisotopic (exact) mass is 684 g/mol. The molecule has 11 heteroatoms. The van der Waals surface area contributed by atoms with Gasteiger partial charge in [0.2, 0.25) is 10.0 Å². The second-order valence-electron chi connectivity index (χ2n) is 14.1. The van der Waals surface area contributed by atoms with Crippen molar-refractivity contribution in [2.24, 2.45) is 17.8 Å². The van der Waals surface area contributed by atoms with Crippen molar-refractivity contribution in [3.8, 4) is 5.75 Å². The Bertz CT molecular complexity index is 1660. The smallest absolute Gasteiger partial charge is 0.307 e. The summed E-state index contributed by atoms with van der Waals surface area (Å²) in [5, 5.41) is 10.8. The number of rotatable bonds is 3. The molecule has 254 valence electrons. The number of ether oxygens (including phenoxy) is 2. The fraction of sp³-hybridized carbons (Fsp3) is 0.556. The van der Waals surface area contributed by atoms with E-state index in [0.717, 1.165) is 37.8 Å². The first kappa shape index (κ1) is 33.8. The van der Waals surface area contributed by atoms with Gasteiger partial charge in [0.15, 0.2) is 0 Å². The van der Waals surface area contributed by atoms with Gasteiger partial charge in [-0.05, 0) is 112 Å². The fourth-order valence-electron chi connectivity index (χ4n) is 7.92. The molecule has 0 radical (unpaired) electrons. The van der Waals surface area contributed by atoms with Gasteiger partial charge in [0.25, 0.3) is 5.91 Å². The standard InChI is InChI=1S/C36H45ClN2O7S/c1-22(2)46-34(41)18-33-23(3)6-4-8-31(40)28-12-9-26(28)19-39-20-36(15-5-7-24-16-27(37)11-13-29(24)36)21-45-32-14-10-25(17-30(32)39)35(42)38-47(33,43)44/h4,6,10-11,13-14,16-17,22-23,26,28,31,33,40H,5,7-9,12,15,18-21H2,1-3H3,(H,38,42)/b6-4-/t23-,26-,28+,31-,33+,36-/m0/s1. The maximum absolute atomic E-state index is 13.7. The van der Waals surface area contributed by atoms with Gasteiger partial charge in [-0.2, -0.15) is 0 Å². The van der Waals surface area contributed by atoms with Crippen LogP contribution < -0.4 is 14.4 Å². The minimum Gasteiger partial charge on any atom is -0.490 e. The number of carbonyl (C=O) groups excluding carboxylic acids is 2. The van der Waals surface area contributed by atoms with E-state index in [1.165, 1.54) is 11.1 Å². The van der Waals surface area contributed by atoms with E-state index in [-0.39, 0.29) is 22.8 Å². The summed E-state index contributed by atoms with van der Waals surface area (Å²) < 4.78 is 41.5. The van der Waals surface area contributed by atoms with E-state index in [0.29, 0.717) is 36.9 Å². The van der Waals surface area contributed by atoms with Gasteiger partial charge in [0.05, 0.1) is 36.2 Å². The summed E-state index contributed by atoms with van der Waals surface area (Å²) in [7, 11) is -4.32. The molecule has 0 saturated heterocycles. The molecule has 6 atom stereocenters. The Balaban J connectivity index is 1.39. The van der Waals surface area contributed by atoms with Crippen LogP contribution in [0.4, 0.5) is 5.69 Å². The lowest BCUT2D eigenvalue weighted by molar-refractivity contribution is -0.147. The van der Waals surface area contributed by atoms with Crippen molar-refractivity contribution in [2.45, 2.75) is 88.6 Å². The summed E-state index contributed by atoms with van der Waals surface area (Å²) in [6.45, 7) is 6.86. The first-order chi connectivity index (χ1) is 22.3. The molecule has 2 aliphatic carbocycles. The Hall–Kier alpha value is -3.08. The van der Waals surface area contributed by atoms with Crippen LogP contribution in [-0.2, 0) is 31.4 Å². The van der Waals surface area contributed by atoms with E-state index in [1.807, 2.05) is 6.07 Å². The highest BCUT2D eigenvalue weighted by Gasteiger charge is 2.44. The van der Waals surface area contributed by atoms with Gasteiger partial charge in [0.1, 0.15) is 5.75 Å². The van der Waals surface area contributed by atoms with Crippen molar-refractivity contribution in [2.75, 3.05) is 24.6 Å². The van der Waals surface area contributed by atoms with Gasteiger partial charge in [-0.15, -0.1) is 0 Å². The van der Waals surface area contributed by atoms with Gasteiger partial charge < -0.3 is 19.5 Å². The van der Waals surface area contributed by atoms with Crippen LogP contribution in [0.25, 0.3) is 0 Å². The molecule has 0 unspecified atom stereocenters. The molecule has 47 heavy (non-hydrogen) atoms. The van der Waals surface area contributed by atoms with E-state index in [1.54, 1.807) is 51.1 Å². The van der Waals surface area contributed by atoms with Crippen molar-refractivity contribution in [3.63, 3.8) is 0 Å². The number of fused-ring (bicyclic) bond motifs is 4. The summed E-state index contributed by atoms with van der Waals surface area (Å²) in [5.41, 5.74) is 3.05. The van der Waals surface area contributed by atoms with Crippen molar-refractivity contribution < 1.29 is 32.6 Å². The van der Waals surface area contributed by atoms with Crippen LogP contribution in [0.5, 0.6) is 5.75 Å². The molecule has 4 aliphatic rings. The fourth-order valence-corrected chi connectivity index (χ4v) is 9.65. The van der Waals surface area contributed by atoms with Crippen LogP contribution in [0.1, 0.15) is 80.8 Å². The van der Waals surface area contributed by atoms with Crippen molar-refractivity contribution in [1.82, 2.24) is 4.72 Å².